The normalized spacial score (nSPS) is 26.8. The van der Waals surface area contributed by atoms with Crippen molar-refractivity contribution in [3.63, 3.8) is 0 Å². The van der Waals surface area contributed by atoms with E-state index in [1.807, 2.05) is 4.98 Å². The van der Waals surface area contributed by atoms with Crippen LogP contribution >= 0.6 is 7.75 Å². The van der Waals surface area contributed by atoms with Crippen LogP contribution in [-0.2, 0) is 23.4 Å². The third-order valence-corrected chi connectivity index (χ3v) is 6.59. The van der Waals surface area contributed by atoms with E-state index in [1.165, 1.54) is 19.1 Å². The van der Waals surface area contributed by atoms with E-state index in [9.17, 15) is 24.1 Å². The maximum atomic E-state index is 15.5. The number of aromatic nitrogens is 2. The monoisotopic (exact) mass is 515 g/mol. The van der Waals surface area contributed by atoms with Crippen molar-refractivity contribution in [2.24, 2.45) is 0 Å². The summed E-state index contributed by atoms with van der Waals surface area (Å²) in [4.78, 5) is 37.7. The Kier molecular flexibility index (Phi) is 7.97. The molecule has 3 rings (SSSR count). The summed E-state index contributed by atoms with van der Waals surface area (Å²) in [7, 11) is -4.52. The van der Waals surface area contributed by atoms with Crippen LogP contribution in [0.3, 0.4) is 0 Å². The number of aliphatic hydroxyl groups is 1. The highest BCUT2D eigenvalue weighted by Crippen LogP contribution is 2.51. The summed E-state index contributed by atoms with van der Waals surface area (Å²) < 4.78 is 51.3. The molecule has 1 aliphatic rings. The fourth-order valence-corrected chi connectivity index (χ4v) is 4.81. The molecule has 6 atom stereocenters. The molecule has 2 heterocycles. The molecule has 0 spiro atoms. The van der Waals surface area contributed by atoms with Crippen LogP contribution < -0.4 is 20.9 Å². The SMILES string of the molecule is CC(C)OC(=O)[C@H](C)NP(=O)(Oc1ccccc1)O[C@H]1O[C@@H](n2ccc(=O)[nH]c2=O)C(C)(F)[C@H]1O. The van der Waals surface area contributed by atoms with Crippen molar-refractivity contribution < 1.29 is 37.4 Å². The lowest BCUT2D eigenvalue weighted by atomic mass is 10.0. The van der Waals surface area contributed by atoms with Gasteiger partial charge in [0, 0.05) is 12.3 Å². The number of aliphatic hydroxyl groups excluding tert-OH is 1. The molecule has 1 aromatic heterocycles. The van der Waals surface area contributed by atoms with Gasteiger partial charge in [0.25, 0.3) is 5.56 Å². The molecule has 1 aromatic carbocycles. The number of aromatic amines is 1. The van der Waals surface area contributed by atoms with Crippen molar-refractivity contribution in [1.29, 1.82) is 0 Å². The number of hydrogen-bond acceptors (Lipinski definition) is 9. The van der Waals surface area contributed by atoms with Gasteiger partial charge in [0.2, 0.25) is 6.29 Å². The summed E-state index contributed by atoms with van der Waals surface area (Å²) in [5, 5.41) is 13.0. The number of para-hydroxylation sites is 1. The Morgan fingerprint density at radius 2 is 1.91 bits per heavy atom. The van der Waals surface area contributed by atoms with Crippen molar-refractivity contribution in [2.45, 2.75) is 64.1 Å². The molecule has 1 saturated heterocycles. The number of benzene rings is 1. The number of hydrogen-bond donors (Lipinski definition) is 3. The highest BCUT2D eigenvalue weighted by molar-refractivity contribution is 7.52. The van der Waals surface area contributed by atoms with Gasteiger partial charge in [-0.05, 0) is 39.8 Å². The van der Waals surface area contributed by atoms with Gasteiger partial charge in [-0.2, -0.15) is 5.09 Å². The molecule has 0 bridgehead atoms. The van der Waals surface area contributed by atoms with Crippen LogP contribution in [0.5, 0.6) is 5.75 Å². The Hall–Kier alpha value is -2.83. The molecule has 2 unspecified atom stereocenters. The molecule has 1 aliphatic heterocycles. The maximum Gasteiger partial charge on any atom is 0.461 e. The number of halogens is 1. The zero-order valence-corrected chi connectivity index (χ0v) is 20.3. The van der Waals surface area contributed by atoms with Crippen LogP contribution in [0.1, 0.15) is 33.9 Å². The standard InChI is InChI=1S/C21H27FN3O9P/c1-12(2)31-17(28)13(3)24-35(30,33-14-8-6-5-7-9-14)34-18-16(27)21(4,22)19(32-18)25-11-10-15(26)23-20(25)29/h5-13,16,18-19,27H,1-4H3,(H,24,30)(H,23,26,29)/t13-,16-,18+,19+,21?,35?/m0/s1. The lowest BCUT2D eigenvalue weighted by Crippen LogP contribution is -2.44. The van der Waals surface area contributed by atoms with Gasteiger partial charge in [0.15, 0.2) is 11.9 Å². The largest absolute Gasteiger partial charge is 0.462 e. The first-order valence-corrected chi connectivity index (χ1v) is 12.2. The Morgan fingerprint density at radius 1 is 1.26 bits per heavy atom. The van der Waals surface area contributed by atoms with E-state index in [0.29, 0.717) is 4.57 Å². The maximum absolute atomic E-state index is 15.5. The molecule has 3 N–H and O–H groups in total. The summed E-state index contributed by atoms with van der Waals surface area (Å²) >= 11 is 0. The van der Waals surface area contributed by atoms with Crippen LogP contribution in [-0.4, -0.2) is 50.8 Å². The lowest BCUT2D eigenvalue weighted by molar-refractivity contribution is -0.149. The molecule has 2 aromatic rings. The molecule has 192 valence electrons. The minimum atomic E-state index is -4.52. The molecule has 35 heavy (non-hydrogen) atoms. The first kappa shape index (κ1) is 26.8. The van der Waals surface area contributed by atoms with E-state index in [2.05, 4.69) is 5.09 Å². The summed E-state index contributed by atoms with van der Waals surface area (Å²) in [5.41, 5.74) is -4.33. The molecular weight excluding hydrogens is 488 g/mol. The fraction of sp³-hybridized carbons (Fsp3) is 0.476. The van der Waals surface area contributed by atoms with Gasteiger partial charge in [-0.3, -0.25) is 23.7 Å². The van der Waals surface area contributed by atoms with E-state index in [4.69, 9.17) is 18.5 Å². The first-order valence-electron chi connectivity index (χ1n) is 10.7. The van der Waals surface area contributed by atoms with Gasteiger partial charge in [-0.15, -0.1) is 0 Å². The Morgan fingerprint density at radius 3 is 2.51 bits per heavy atom. The van der Waals surface area contributed by atoms with E-state index in [0.717, 1.165) is 19.2 Å². The minimum absolute atomic E-state index is 0.0802. The Bertz CT molecular complexity index is 1200. The number of H-pyrrole nitrogens is 1. The number of carbonyl (C=O) groups excluding carboxylic acids is 1. The summed E-state index contributed by atoms with van der Waals surface area (Å²) in [6, 6.07) is 7.56. The molecule has 0 amide bonds. The molecule has 0 radical (unpaired) electrons. The second-order valence-electron chi connectivity index (χ2n) is 8.31. The van der Waals surface area contributed by atoms with Crippen LogP contribution in [0.4, 0.5) is 4.39 Å². The number of alkyl halides is 1. The van der Waals surface area contributed by atoms with Crippen molar-refractivity contribution in [3.05, 3.63) is 63.4 Å². The third kappa shape index (κ3) is 6.24. The second-order valence-corrected chi connectivity index (χ2v) is 9.96. The lowest BCUT2D eigenvalue weighted by Gasteiger charge is -2.26. The Labute approximate surface area is 199 Å². The molecule has 14 heteroatoms. The topological polar surface area (TPSA) is 158 Å². The van der Waals surface area contributed by atoms with Crippen molar-refractivity contribution in [2.75, 3.05) is 0 Å². The van der Waals surface area contributed by atoms with Crippen LogP contribution in [0.25, 0.3) is 0 Å². The van der Waals surface area contributed by atoms with Crippen LogP contribution in [0.2, 0.25) is 0 Å². The second kappa shape index (κ2) is 10.4. The molecule has 12 nitrogen and oxygen atoms in total. The minimum Gasteiger partial charge on any atom is -0.462 e. The van der Waals surface area contributed by atoms with E-state index in [-0.39, 0.29) is 5.75 Å². The molecule has 0 aliphatic carbocycles. The van der Waals surface area contributed by atoms with E-state index >= 15 is 4.39 Å². The molecular formula is C21H27FN3O9P. The van der Waals surface area contributed by atoms with Gasteiger partial charge in [0.05, 0.1) is 6.10 Å². The number of nitrogens with one attached hydrogen (secondary N) is 2. The highest BCUT2D eigenvalue weighted by atomic mass is 31.2. The van der Waals surface area contributed by atoms with Crippen LogP contribution in [0, 0.1) is 0 Å². The first-order chi connectivity index (χ1) is 16.3. The van der Waals surface area contributed by atoms with E-state index in [1.54, 1.807) is 32.0 Å². The van der Waals surface area contributed by atoms with Gasteiger partial charge < -0.3 is 19.1 Å². The average Bonchev–Trinajstić information content (AvgIpc) is 2.97. The summed E-state index contributed by atoms with van der Waals surface area (Å²) in [6.07, 6.45) is -5.16. The highest BCUT2D eigenvalue weighted by Gasteiger charge is 2.58. The summed E-state index contributed by atoms with van der Waals surface area (Å²) in [6.45, 7) is 5.56. The quantitative estimate of drug-likeness (QED) is 0.331. The van der Waals surface area contributed by atoms with Gasteiger partial charge in [-0.25, -0.2) is 13.8 Å². The number of ether oxygens (including phenoxy) is 2. The number of nitrogens with zero attached hydrogens (tertiary/aromatic N) is 1. The predicted molar refractivity (Wildman–Crippen MR) is 120 cm³/mol. The number of esters is 1. The van der Waals surface area contributed by atoms with Gasteiger partial charge in [0.1, 0.15) is 17.9 Å². The number of carbonyl (C=O) groups is 1. The zero-order chi connectivity index (χ0) is 26.0. The number of rotatable bonds is 9. The van der Waals surface area contributed by atoms with Crippen molar-refractivity contribution in [3.8, 4) is 5.75 Å². The van der Waals surface area contributed by atoms with Crippen molar-refractivity contribution in [1.82, 2.24) is 14.6 Å². The smallest absolute Gasteiger partial charge is 0.461 e. The van der Waals surface area contributed by atoms with Crippen molar-refractivity contribution >= 4 is 13.7 Å². The molecule has 1 fully saturated rings. The van der Waals surface area contributed by atoms with Gasteiger partial charge in [-0.1, -0.05) is 18.2 Å². The zero-order valence-electron chi connectivity index (χ0n) is 19.4. The Balaban J connectivity index is 1.89. The molecule has 0 saturated carbocycles. The van der Waals surface area contributed by atoms with Crippen LogP contribution in [0.15, 0.2) is 52.2 Å². The average molecular weight is 515 g/mol. The van der Waals surface area contributed by atoms with E-state index < -0.39 is 61.4 Å². The summed E-state index contributed by atoms with van der Waals surface area (Å²) in [5.74, 6) is -0.682. The predicted octanol–water partition coefficient (Wildman–Crippen LogP) is 1.61. The third-order valence-electron chi connectivity index (χ3n) is 4.95. The van der Waals surface area contributed by atoms with Gasteiger partial charge >= 0.3 is 19.4 Å². The fourth-order valence-electron chi connectivity index (χ4n) is 3.24.